The fourth-order valence-corrected chi connectivity index (χ4v) is 3.72. The largest absolute Gasteiger partial charge is 0.338 e. The highest BCUT2D eigenvalue weighted by atomic mass is 79.9. The number of nitrogens with zero attached hydrogens (tertiary/aromatic N) is 1. The lowest BCUT2D eigenvalue weighted by molar-refractivity contribution is 0.0760. The summed E-state index contributed by atoms with van der Waals surface area (Å²) in [5.41, 5.74) is 0.705. The summed E-state index contributed by atoms with van der Waals surface area (Å²) in [6.45, 7) is 3.65. The molecule has 0 saturated carbocycles. The number of rotatable bonds is 1. The Hall–Kier alpha value is -0.650. The number of halogens is 3. The van der Waals surface area contributed by atoms with Gasteiger partial charge in [-0.25, -0.2) is 4.39 Å². The summed E-state index contributed by atoms with van der Waals surface area (Å²) in [4.78, 5) is 14.4. The van der Waals surface area contributed by atoms with E-state index >= 15 is 0 Å². The van der Waals surface area contributed by atoms with Gasteiger partial charge in [-0.2, -0.15) is 0 Å². The molecule has 1 N–H and O–H groups in total. The second-order valence-corrected chi connectivity index (χ2v) is 6.71. The predicted molar refractivity (Wildman–Crippen MR) is 86.4 cm³/mol. The third-order valence-corrected chi connectivity index (χ3v) is 5.24. The molecular formula is C15H19BrClFN2O. The molecule has 1 spiro atoms. The first kappa shape index (κ1) is 16.7. The van der Waals surface area contributed by atoms with Gasteiger partial charge < -0.3 is 10.2 Å². The Morgan fingerprint density at radius 1 is 1.29 bits per heavy atom. The molecule has 0 aromatic heterocycles. The van der Waals surface area contributed by atoms with Crippen molar-refractivity contribution in [3.8, 4) is 0 Å². The molecule has 1 aromatic rings. The molecule has 1 aromatic carbocycles. The summed E-state index contributed by atoms with van der Waals surface area (Å²) in [6.07, 6.45) is 3.32. The number of amides is 1. The topological polar surface area (TPSA) is 32.3 Å². The number of likely N-dealkylation sites (tertiary alicyclic amines) is 1. The van der Waals surface area contributed by atoms with Gasteiger partial charge in [-0.1, -0.05) is 0 Å². The second kappa shape index (κ2) is 6.63. The summed E-state index contributed by atoms with van der Waals surface area (Å²) >= 11 is 3.34. The quantitative estimate of drug-likeness (QED) is 0.815. The molecule has 0 aliphatic carbocycles. The number of hydrogen-bond acceptors (Lipinski definition) is 2. The molecule has 2 heterocycles. The third kappa shape index (κ3) is 3.41. The molecule has 1 amide bonds. The van der Waals surface area contributed by atoms with Crippen LogP contribution in [-0.4, -0.2) is 37.0 Å². The molecule has 2 aliphatic heterocycles. The molecule has 2 aliphatic rings. The average Bonchev–Trinajstić information content (AvgIpc) is 2.85. The fourth-order valence-electron chi connectivity index (χ4n) is 3.31. The van der Waals surface area contributed by atoms with Gasteiger partial charge >= 0.3 is 0 Å². The van der Waals surface area contributed by atoms with Crippen LogP contribution in [0.1, 0.15) is 29.6 Å². The summed E-state index contributed by atoms with van der Waals surface area (Å²) in [6, 6.07) is 4.28. The Kier molecular flexibility index (Phi) is 5.28. The molecular weight excluding hydrogens is 359 g/mol. The molecule has 0 unspecified atom stereocenters. The van der Waals surface area contributed by atoms with Crippen molar-refractivity contribution in [2.75, 3.05) is 26.2 Å². The van der Waals surface area contributed by atoms with E-state index < -0.39 is 0 Å². The minimum absolute atomic E-state index is 0. The first-order chi connectivity index (χ1) is 9.60. The molecule has 0 atom stereocenters. The van der Waals surface area contributed by atoms with Gasteiger partial charge in [-0.15, -0.1) is 12.4 Å². The van der Waals surface area contributed by atoms with E-state index in [0.29, 0.717) is 10.0 Å². The van der Waals surface area contributed by atoms with Gasteiger partial charge in [-0.3, -0.25) is 4.79 Å². The normalized spacial score (nSPS) is 20.4. The maximum atomic E-state index is 13.3. The zero-order valence-electron chi connectivity index (χ0n) is 11.7. The number of carbonyl (C=O) groups is 1. The van der Waals surface area contributed by atoms with E-state index in [9.17, 15) is 9.18 Å². The van der Waals surface area contributed by atoms with E-state index in [4.69, 9.17) is 0 Å². The molecule has 0 radical (unpaired) electrons. The van der Waals surface area contributed by atoms with Crippen molar-refractivity contribution < 1.29 is 9.18 Å². The Morgan fingerprint density at radius 2 is 2.00 bits per heavy atom. The lowest BCUT2D eigenvalue weighted by Gasteiger charge is -2.33. The van der Waals surface area contributed by atoms with Crippen molar-refractivity contribution in [1.82, 2.24) is 10.2 Å². The Labute approximate surface area is 138 Å². The highest BCUT2D eigenvalue weighted by molar-refractivity contribution is 9.10. The van der Waals surface area contributed by atoms with Crippen LogP contribution in [0, 0.1) is 11.2 Å². The van der Waals surface area contributed by atoms with Crippen molar-refractivity contribution in [1.29, 1.82) is 0 Å². The van der Waals surface area contributed by atoms with Crippen molar-refractivity contribution in [2.45, 2.75) is 19.3 Å². The molecule has 3 rings (SSSR count). The summed E-state index contributed by atoms with van der Waals surface area (Å²) in [7, 11) is 0. The SMILES string of the molecule is Cl.O=C(c1cc(F)ccc1Br)N1CCC2(CCNCC2)C1. The van der Waals surface area contributed by atoms with Gasteiger partial charge in [0.15, 0.2) is 0 Å². The average molecular weight is 378 g/mol. The third-order valence-electron chi connectivity index (χ3n) is 4.55. The Morgan fingerprint density at radius 3 is 2.71 bits per heavy atom. The van der Waals surface area contributed by atoms with Crippen LogP contribution in [0.2, 0.25) is 0 Å². The van der Waals surface area contributed by atoms with Gasteiger partial charge in [0, 0.05) is 17.6 Å². The lowest BCUT2D eigenvalue weighted by atomic mass is 9.78. The van der Waals surface area contributed by atoms with Crippen LogP contribution in [0.15, 0.2) is 22.7 Å². The Balaban J connectivity index is 0.00000161. The maximum absolute atomic E-state index is 13.3. The minimum Gasteiger partial charge on any atom is -0.338 e. The molecule has 0 bridgehead atoms. The van der Waals surface area contributed by atoms with Crippen LogP contribution in [0.25, 0.3) is 0 Å². The van der Waals surface area contributed by atoms with Crippen LogP contribution in [0.5, 0.6) is 0 Å². The molecule has 2 saturated heterocycles. The molecule has 21 heavy (non-hydrogen) atoms. The summed E-state index contributed by atoms with van der Waals surface area (Å²) in [5, 5.41) is 3.37. The standard InChI is InChI=1S/C15H18BrFN2O.ClH/c16-13-2-1-11(17)9-12(13)14(20)19-8-5-15(10-19)3-6-18-7-4-15;/h1-2,9,18H,3-8,10H2;1H. The smallest absolute Gasteiger partial charge is 0.255 e. The van der Waals surface area contributed by atoms with Crippen LogP contribution in [0.3, 0.4) is 0 Å². The van der Waals surface area contributed by atoms with Gasteiger partial charge in [0.2, 0.25) is 0 Å². The fraction of sp³-hybridized carbons (Fsp3) is 0.533. The second-order valence-electron chi connectivity index (χ2n) is 5.85. The highest BCUT2D eigenvalue weighted by Crippen LogP contribution is 2.39. The Bertz CT molecular complexity index is 534. The van der Waals surface area contributed by atoms with E-state index in [1.807, 2.05) is 4.90 Å². The van der Waals surface area contributed by atoms with Crippen LogP contribution < -0.4 is 5.32 Å². The highest BCUT2D eigenvalue weighted by Gasteiger charge is 2.40. The van der Waals surface area contributed by atoms with Gasteiger partial charge in [-0.05, 0) is 71.9 Å². The molecule has 6 heteroatoms. The summed E-state index contributed by atoms with van der Waals surface area (Å²) < 4.78 is 14.0. The van der Waals surface area contributed by atoms with Gasteiger partial charge in [0.1, 0.15) is 5.82 Å². The maximum Gasteiger partial charge on any atom is 0.255 e. The van der Waals surface area contributed by atoms with Crippen molar-refractivity contribution in [3.05, 3.63) is 34.1 Å². The zero-order chi connectivity index (χ0) is 14.2. The minimum atomic E-state index is -0.368. The molecule has 2 fully saturated rings. The summed E-state index contributed by atoms with van der Waals surface area (Å²) in [5.74, 6) is -0.431. The number of nitrogens with one attached hydrogen (secondary N) is 1. The van der Waals surface area contributed by atoms with Crippen molar-refractivity contribution in [3.63, 3.8) is 0 Å². The lowest BCUT2D eigenvalue weighted by Crippen LogP contribution is -2.39. The van der Waals surface area contributed by atoms with E-state index in [1.165, 1.54) is 12.1 Å². The zero-order valence-corrected chi connectivity index (χ0v) is 14.1. The van der Waals surface area contributed by atoms with Gasteiger partial charge in [0.05, 0.1) is 5.56 Å². The van der Waals surface area contributed by atoms with E-state index in [1.54, 1.807) is 6.07 Å². The number of benzene rings is 1. The molecule has 3 nitrogen and oxygen atoms in total. The van der Waals surface area contributed by atoms with Gasteiger partial charge in [0.25, 0.3) is 5.91 Å². The first-order valence-corrected chi connectivity index (χ1v) is 7.84. The number of piperidine rings is 1. The van der Waals surface area contributed by atoms with E-state index in [-0.39, 0.29) is 29.5 Å². The predicted octanol–water partition coefficient (Wildman–Crippen LogP) is 3.23. The number of carbonyl (C=O) groups excluding carboxylic acids is 1. The van der Waals surface area contributed by atoms with Crippen molar-refractivity contribution in [2.24, 2.45) is 5.41 Å². The first-order valence-electron chi connectivity index (χ1n) is 7.05. The van der Waals surface area contributed by atoms with Crippen LogP contribution in [-0.2, 0) is 0 Å². The van der Waals surface area contributed by atoms with Crippen LogP contribution in [0.4, 0.5) is 4.39 Å². The van der Waals surface area contributed by atoms with E-state index in [0.717, 1.165) is 45.4 Å². The monoisotopic (exact) mass is 376 g/mol. The molecule has 116 valence electrons. The van der Waals surface area contributed by atoms with Crippen molar-refractivity contribution >= 4 is 34.2 Å². The number of hydrogen-bond donors (Lipinski definition) is 1. The van der Waals surface area contributed by atoms with E-state index in [2.05, 4.69) is 21.2 Å². The van der Waals surface area contributed by atoms with Crippen LogP contribution >= 0.6 is 28.3 Å².